The maximum absolute atomic E-state index is 12.1. The van der Waals surface area contributed by atoms with Crippen LogP contribution < -0.4 is 5.32 Å². The highest BCUT2D eigenvalue weighted by Crippen LogP contribution is 2.23. The normalized spacial score (nSPS) is 10.2. The third-order valence-electron chi connectivity index (χ3n) is 3.26. The quantitative estimate of drug-likeness (QED) is 0.669. The second kappa shape index (κ2) is 7.83. The molecule has 0 aliphatic rings. The molecule has 0 radical (unpaired) electrons. The minimum absolute atomic E-state index is 0.114. The van der Waals surface area contributed by atoms with Gasteiger partial charge in [-0.25, -0.2) is 4.79 Å². The number of amides is 1. The molecule has 0 aromatic heterocycles. The maximum Gasteiger partial charge on any atom is 0.337 e. The van der Waals surface area contributed by atoms with Gasteiger partial charge in [0, 0.05) is 10.6 Å². The Bertz CT molecular complexity index is 728. The number of methoxy groups -OCH3 is 1. The average molecular weight is 329 g/mol. The van der Waals surface area contributed by atoms with Gasteiger partial charge in [-0.15, -0.1) is 11.8 Å². The Morgan fingerprint density at radius 1 is 1.13 bits per heavy atom. The lowest BCUT2D eigenvalue weighted by atomic mass is 10.2. The highest BCUT2D eigenvalue weighted by atomic mass is 32.2. The maximum atomic E-state index is 12.1. The first-order chi connectivity index (χ1) is 11.0. The van der Waals surface area contributed by atoms with E-state index in [0.29, 0.717) is 17.0 Å². The molecule has 0 saturated carbocycles. The summed E-state index contributed by atoms with van der Waals surface area (Å²) in [7, 11) is 1.33. The molecule has 4 nitrogen and oxygen atoms in total. The van der Waals surface area contributed by atoms with Crippen LogP contribution in [0.5, 0.6) is 0 Å². The Morgan fingerprint density at radius 2 is 1.91 bits per heavy atom. The number of benzene rings is 2. The molecule has 1 amide bonds. The summed E-state index contributed by atoms with van der Waals surface area (Å²) in [6.07, 6.45) is 0. The molecule has 23 heavy (non-hydrogen) atoms. The summed E-state index contributed by atoms with van der Waals surface area (Å²) in [5, 5.41) is 2.79. The molecule has 0 fully saturated rings. The molecule has 0 bridgehead atoms. The van der Waals surface area contributed by atoms with Crippen molar-refractivity contribution in [2.45, 2.75) is 18.7 Å². The largest absolute Gasteiger partial charge is 0.465 e. The first-order valence-electron chi connectivity index (χ1n) is 7.18. The fourth-order valence-corrected chi connectivity index (χ4v) is 2.95. The van der Waals surface area contributed by atoms with Crippen LogP contribution in [0, 0.1) is 13.8 Å². The van der Waals surface area contributed by atoms with Crippen molar-refractivity contribution in [1.82, 2.24) is 0 Å². The summed E-state index contributed by atoms with van der Waals surface area (Å²) < 4.78 is 4.67. The zero-order chi connectivity index (χ0) is 16.8. The Labute approximate surface area is 140 Å². The fourth-order valence-electron chi connectivity index (χ4n) is 2.14. The summed E-state index contributed by atoms with van der Waals surface area (Å²) in [4.78, 5) is 24.6. The molecule has 1 N–H and O–H groups in total. The predicted molar refractivity (Wildman–Crippen MR) is 93.1 cm³/mol. The SMILES string of the molecule is COC(=O)c1cccc(NC(=O)CSc2ccc(C)cc2C)c1. The Hall–Kier alpha value is -2.27. The number of hydrogen-bond donors (Lipinski definition) is 1. The highest BCUT2D eigenvalue weighted by molar-refractivity contribution is 8.00. The van der Waals surface area contributed by atoms with Gasteiger partial charge in [-0.1, -0.05) is 23.8 Å². The van der Waals surface area contributed by atoms with Gasteiger partial charge < -0.3 is 10.1 Å². The van der Waals surface area contributed by atoms with Crippen molar-refractivity contribution in [3.8, 4) is 0 Å². The topological polar surface area (TPSA) is 55.4 Å². The van der Waals surface area contributed by atoms with E-state index in [9.17, 15) is 9.59 Å². The second-order valence-electron chi connectivity index (χ2n) is 5.18. The lowest BCUT2D eigenvalue weighted by Crippen LogP contribution is -2.14. The number of ether oxygens (including phenoxy) is 1. The van der Waals surface area contributed by atoms with Crippen molar-refractivity contribution in [2.75, 3.05) is 18.2 Å². The first kappa shape index (κ1) is 17.1. The third-order valence-corrected chi connectivity index (χ3v) is 4.43. The van der Waals surface area contributed by atoms with Crippen molar-refractivity contribution in [1.29, 1.82) is 0 Å². The van der Waals surface area contributed by atoms with Crippen molar-refractivity contribution >= 4 is 29.3 Å². The molecule has 0 atom stereocenters. The fraction of sp³-hybridized carbons (Fsp3) is 0.222. The van der Waals surface area contributed by atoms with E-state index in [1.54, 1.807) is 24.3 Å². The van der Waals surface area contributed by atoms with Gasteiger partial charge >= 0.3 is 5.97 Å². The van der Waals surface area contributed by atoms with E-state index in [4.69, 9.17) is 0 Å². The third kappa shape index (κ3) is 4.86. The van der Waals surface area contributed by atoms with Gasteiger partial charge in [-0.3, -0.25) is 4.79 Å². The van der Waals surface area contributed by atoms with Crippen molar-refractivity contribution in [3.05, 3.63) is 59.2 Å². The van der Waals surface area contributed by atoms with Gasteiger partial charge in [0.25, 0.3) is 0 Å². The Balaban J connectivity index is 1.96. The molecule has 0 aliphatic heterocycles. The van der Waals surface area contributed by atoms with E-state index in [1.165, 1.54) is 24.4 Å². The van der Waals surface area contributed by atoms with E-state index < -0.39 is 5.97 Å². The summed E-state index contributed by atoms with van der Waals surface area (Å²) in [5.41, 5.74) is 3.36. The minimum atomic E-state index is -0.425. The lowest BCUT2D eigenvalue weighted by Gasteiger charge is -2.08. The van der Waals surface area contributed by atoms with Crippen LogP contribution in [0.25, 0.3) is 0 Å². The lowest BCUT2D eigenvalue weighted by molar-refractivity contribution is -0.113. The van der Waals surface area contributed by atoms with Gasteiger partial charge in [-0.2, -0.15) is 0 Å². The van der Waals surface area contributed by atoms with Crippen LogP contribution in [0.4, 0.5) is 5.69 Å². The van der Waals surface area contributed by atoms with Gasteiger partial charge in [0.2, 0.25) is 5.91 Å². The number of anilines is 1. The van der Waals surface area contributed by atoms with Crippen LogP contribution in [0.1, 0.15) is 21.5 Å². The van der Waals surface area contributed by atoms with Gasteiger partial charge in [0.05, 0.1) is 18.4 Å². The Morgan fingerprint density at radius 3 is 2.61 bits per heavy atom. The summed E-state index contributed by atoms with van der Waals surface area (Å²) in [5.74, 6) is -0.227. The summed E-state index contributed by atoms with van der Waals surface area (Å²) in [6.45, 7) is 4.08. The summed E-state index contributed by atoms with van der Waals surface area (Å²) >= 11 is 1.49. The molecular weight excluding hydrogens is 310 g/mol. The number of nitrogens with one attached hydrogen (secondary N) is 1. The molecule has 5 heteroatoms. The van der Waals surface area contributed by atoms with Crippen LogP contribution in [0.2, 0.25) is 0 Å². The molecule has 0 spiro atoms. The van der Waals surface area contributed by atoms with E-state index in [-0.39, 0.29) is 5.91 Å². The predicted octanol–water partition coefficient (Wildman–Crippen LogP) is 3.82. The van der Waals surface area contributed by atoms with Gasteiger partial charge in [0.1, 0.15) is 0 Å². The Kier molecular flexibility index (Phi) is 5.82. The minimum Gasteiger partial charge on any atom is -0.465 e. The van der Waals surface area contributed by atoms with Crippen molar-refractivity contribution in [2.24, 2.45) is 0 Å². The second-order valence-corrected chi connectivity index (χ2v) is 6.20. The molecule has 2 aromatic rings. The molecule has 0 unspecified atom stereocenters. The molecule has 0 heterocycles. The molecule has 120 valence electrons. The zero-order valence-corrected chi connectivity index (χ0v) is 14.2. The van der Waals surface area contributed by atoms with Crippen molar-refractivity contribution in [3.63, 3.8) is 0 Å². The molecule has 2 aromatic carbocycles. The molecule has 2 rings (SSSR count). The standard InChI is InChI=1S/C18H19NO3S/c1-12-7-8-16(13(2)9-12)23-11-17(20)19-15-6-4-5-14(10-15)18(21)22-3/h4-10H,11H2,1-3H3,(H,19,20). The van der Waals surface area contributed by atoms with Gasteiger partial charge in [0.15, 0.2) is 0 Å². The van der Waals surface area contributed by atoms with E-state index in [2.05, 4.69) is 16.1 Å². The highest BCUT2D eigenvalue weighted by Gasteiger charge is 2.09. The van der Waals surface area contributed by atoms with E-state index in [1.807, 2.05) is 26.0 Å². The monoisotopic (exact) mass is 329 g/mol. The van der Waals surface area contributed by atoms with E-state index >= 15 is 0 Å². The zero-order valence-electron chi connectivity index (χ0n) is 13.4. The number of thioether (sulfide) groups is 1. The van der Waals surface area contributed by atoms with Crippen LogP contribution in [-0.4, -0.2) is 24.7 Å². The number of hydrogen-bond acceptors (Lipinski definition) is 4. The van der Waals surface area contributed by atoms with E-state index in [0.717, 1.165) is 10.5 Å². The summed E-state index contributed by atoms with van der Waals surface area (Å²) in [6, 6.07) is 12.9. The number of carbonyl (C=O) groups excluding carboxylic acids is 2. The first-order valence-corrected chi connectivity index (χ1v) is 8.16. The van der Waals surface area contributed by atoms with Gasteiger partial charge in [-0.05, 0) is 43.7 Å². The molecule has 0 saturated heterocycles. The average Bonchev–Trinajstić information content (AvgIpc) is 2.53. The number of esters is 1. The van der Waals surface area contributed by atoms with Crippen LogP contribution >= 0.6 is 11.8 Å². The van der Waals surface area contributed by atoms with Crippen molar-refractivity contribution < 1.29 is 14.3 Å². The smallest absolute Gasteiger partial charge is 0.337 e. The van der Waals surface area contributed by atoms with Crippen LogP contribution in [-0.2, 0) is 9.53 Å². The van der Waals surface area contributed by atoms with Crippen LogP contribution in [0.3, 0.4) is 0 Å². The molecular formula is C18H19NO3S. The number of aryl methyl sites for hydroxylation is 2. The molecule has 0 aliphatic carbocycles. The number of carbonyl (C=O) groups is 2. The number of rotatable bonds is 5. The van der Waals surface area contributed by atoms with Crippen LogP contribution in [0.15, 0.2) is 47.4 Å².